The summed E-state index contributed by atoms with van der Waals surface area (Å²) in [7, 11) is 1.59. The minimum atomic E-state index is -0.181. The molecule has 0 aliphatic carbocycles. The molecule has 1 aromatic rings. The largest absolute Gasteiger partial charge is 0.371 e. The number of carbonyl (C=O) groups excluding carboxylic acids is 2. The second kappa shape index (κ2) is 5.62. The van der Waals surface area contributed by atoms with Crippen LogP contribution in [-0.2, 0) is 4.79 Å². The predicted molar refractivity (Wildman–Crippen MR) is 68.6 cm³/mol. The first-order valence-corrected chi connectivity index (χ1v) is 6.13. The van der Waals surface area contributed by atoms with Gasteiger partial charge in [0.25, 0.3) is 5.91 Å². The highest BCUT2D eigenvalue weighted by Gasteiger charge is 2.19. The summed E-state index contributed by atoms with van der Waals surface area (Å²) in [5.74, 6) is 0.00104. The lowest BCUT2D eigenvalue weighted by Crippen LogP contribution is -2.34. The van der Waals surface area contributed by atoms with Crippen molar-refractivity contribution in [3.63, 3.8) is 0 Å². The van der Waals surface area contributed by atoms with Crippen LogP contribution in [-0.4, -0.2) is 37.3 Å². The Morgan fingerprint density at radius 3 is 2.83 bits per heavy atom. The van der Waals surface area contributed by atoms with Crippen molar-refractivity contribution in [1.82, 2.24) is 10.3 Å². The maximum atomic E-state index is 11.5. The van der Waals surface area contributed by atoms with Gasteiger partial charge in [-0.2, -0.15) is 0 Å². The summed E-state index contributed by atoms with van der Waals surface area (Å²) in [4.78, 5) is 28.4. The molecule has 1 aromatic heterocycles. The molecule has 0 unspecified atom stereocenters. The molecule has 2 rings (SSSR count). The Morgan fingerprint density at radius 2 is 2.22 bits per heavy atom. The number of piperidine rings is 1. The number of amides is 1. The van der Waals surface area contributed by atoms with Crippen molar-refractivity contribution in [2.75, 3.05) is 25.0 Å². The van der Waals surface area contributed by atoms with E-state index >= 15 is 0 Å². The van der Waals surface area contributed by atoms with Gasteiger partial charge in [-0.25, -0.2) is 0 Å². The van der Waals surface area contributed by atoms with Gasteiger partial charge in [0.2, 0.25) is 0 Å². The van der Waals surface area contributed by atoms with Gasteiger partial charge in [0.05, 0.1) is 0 Å². The number of carbonyl (C=O) groups is 2. The van der Waals surface area contributed by atoms with Crippen LogP contribution < -0.4 is 10.2 Å². The molecule has 5 nitrogen and oxygen atoms in total. The first-order valence-electron chi connectivity index (χ1n) is 6.13. The monoisotopic (exact) mass is 247 g/mol. The van der Waals surface area contributed by atoms with E-state index in [1.165, 1.54) is 0 Å². The minimum Gasteiger partial charge on any atom is -0.371 e. The Balaban J connectivity index is 2.09. The number of hydrogen-bond acceptors (Lipinski definition) is 4. The standard InChI is InChI=1S/C13H17N3O2/c1-14-13(18)12-8-11(2-5-15-12)16-6-3-10(9-17)4-7-16/h2,5,8-10H,3-4,6-7H2,1H3,(H,14,18). The van der Waals surface area contributed by atoms with Crippen LogP contribution >= 0.6 is 0 Å². The van der Waals surface area contributed by atoms with E-state index in [1.807, 2.05) is 6.07 Å². The van der Waals surface area contributed by atoms with E-state index < -0.39 is 0 Å². The van der Waals surface area contributed by atoms with Crippen LogP contribution in [0.1, 0.15) is 23.3 Å². The number of pyridine rings is 1. The molecule has 1 amide bonds. The van der Waals surface area contributed by atoms with Crippen LogP contribution in [0.2, 0.25) is 0 Å². The highest BCUT2D eigenvalue weighted by Crippen LogP contribution is 2.22. The van der Waals surface area contributed by atoms with E-state index in [0.717, 1.165) is 37.9 Å². The lowest BCUT2D eigenvalue weighted by Gasteiger charge is -2.31. The molecule has 96 valence electrons. The Labute approximate surface area is 106 Å². The molecule has 0 atom stereocenters. The predicted octanol–water partition coefficient (Wildman–Crippen LogP) is 0.856. The van der Waals surface area contributed by atoms with Gasteiger partial charge < -0.3 is 15.0 Å². The van der Waals surface area contributed by atoms with Crippen LogP contribution in [0.4, 0.5) is 5.69 Å². The molecule has 2 heterocycles. The van der Waals surface area contributed by atoms with Gasteiger partial charge in [-0.3, -0.25) is 9.78 Å². The molecule has 1 aliphatic heterocycles. The zero-order valence-electron chi connectivity index (χ0n) is 10.4. The van der Waals surface area contributed by atoms with Gasteiger partial charge in [0.1, 0.15) is 12.0 Å². The number of nitrogens with zero attached hydrogens (tertiary/aromatic N) is 2. The maximum absolute atomic E-state index is 11.5. The molecule has 0 aromatic carbocycles. The van der Waals surface area contributed by atoms with E-state index in [1.54, 1.807) is 19.3 Å². The van der Waals surface area contributed by atoms with E-state index in [9.17, 15) is 9.59 Å². The minimum absolute atomic E-state index is 0.181. The number of anilines is 1. The average Bonchev–Trinajstić information content (AvgIpc) is 2.46. The summed E-state index contributed by atoms with van der Waals surface area (Å²) in [5.41, 5.74) is 1.42. The van der Waals surface area contributed by atoms with E-state index in [4.69, 9.17) is 0 Å². The maximum Gasteiger partial charge on any atom is 0.269 e. The number of hydrogen-bond donors (Lipinski definition) is 1. The molecule has 0 saturated carbocycles. The molecule has 0 radical (unpaired) electrons. The molecular weight excluding hydrogens is 230 g/mol. The SMILES string of the molecule is CNC(=O)c1cc(N2CCC(C=O)CC2)ccn1. The molecule has 5 heteroatoms. The number of nitrogens with one attached hydrogen (secondary N) is 1. The number of rotatable bonds is 3. The van der Waals surface area contributed by atoms with Crippen molar-refractivity contribution in [3.8, 4) is 0 Å². The Hall–Kier alpha value is -1.91. The van der Waals surface area contributed by atoms with Gasteiger partial charge in [-0.05, 0) is 25.0 Å². The number of aromatic nitrogens is 1. The summed E-state index contributed by atoms with van der Waals surface area (Å²) < 4.78 is 0. The van der Waals surface area contributed by atoms with Crippen LogP contribution in [0.15, 0.2) is 18.3 Å². The molecule has 1 fully saturated rings. The van der Waals surface area contributed by atoms with Crippen molar-refractivity contribution in [2.24, 2.45) is 5.92 Å². The van der Waals surface area contributed by atoms with Crippen molar-refractivity contribution >= 4 is 17.9 Å². The van der Waals surface area contributed by atoms with Crippen LogP contribution in [0.5, 0.6) is 0 Å². The van der Waals surface area contributed by atoms with Crippen LogP contribution in [0.3, 0.4) is 0 Å². The zero-order valence-corrected chi connectivity index (χ0v) is 10.4. The Kier molecular flexibility index (Phi) is 3.92. The third kappa shape index (κ3) is 2.67. The van der Waals surface area contributed by atoms with Crippen LogP contribution in [0.25, 0.3) is 0 Å². The molecule has 1 aliphatic rings. The van der Waals surface area contributed by atoms with E-state index in [2.05, 4.69) is 15.2 Å². The zero-order chi connectivity index (χ0) is 13.0. The summed E-state index contributed by atoms with van der Waals surface area (Å²) in [6.45, 7) is 1.70. The summed E-state index contributed by atoms with van der Waals surface area (Å²) in [6.07, 6.45) is 4.44. The second-order valence-corrected chi connectivity index (χ2v) is 4.44. The lowest BCUT2D eigenvalue weighted by molar-refractivity contribution is -0.111. The lowest BCUT2D eigenvalue weighted by atomic mass is 9.98. The Morgan fingerprint density at radius 1 is 1.50 bits per heavy atom. The molecular formula is C13H17N3O2. The fraction of sp³-hybridized carbons (Fsp3) is 0.462. The Bertz CT molecular complexity index is 440. The van der Waals surface area contributed by atoms with Gasteiger partial charge in [-0.1, -0.05) is 0 Å². The third-order valence-electron chi connectivity index (χ3n) is 3.30. The molecule has 18 heavy (non-hydrogen) atoms. The fourth-order valence-corrected chi connectivity index (χ4v) is 2.16. The summed E-state index contributed by atoms with van der Waals surface area (Å²) in [6, 6.07) is 3.69. The number of aldehydes is 1. The normalized spacial score (nSPS) is 16.4. The van der Waals surface area contributed by atoms with Gasteiger partial charge in [0.15, 0.2) is 0 Å². The average molecular weight is 247 g/mol. The smallest absolute Gasteiger partial charge is 0.269 e. The highest BCUT2D eigenvalue weighted by atomic mass is 16.1. The van der Waals surface area contributed by atoms with Crippen molar-refractivity contribution in [2.45, 2.75) is 12.8 Å². The van der Waals surface area contributed by atoms with Crippen molar-refractivity contribution < 1.29 is 9.59 Å². The molecule has 0 spiro atoms. The third-order valence-corrected chi connectivity index (χ3v) is 3.30. The molecule has 0 bridgehead atoms. The fourth-order valence-electron chi connectivity index (χ4n) is 2.16. The first kappa shape index (κ1) is 12.5. The summed E-state index contributed by atoms with van der Waals surface area (Å²) in [5, 5.41) is 2.56. The van der Waals surface area contributed by atoms with E-state index in [-0.39, 0.29) is 11.8 Å². The van der Waals surface area contributed by atoms with Crippen molar-refractivity contribution in [1.29, 1.82) is 0 Å². The van der Waals surface area contributed by atoms with E-state index in [0.29, 0.717) is 5.69 Å². The first-order chi connectivity index (χ1) is 8.74. The van der Waals surface area contributed by atoms with Gasteiger partial charge >= 0.3 is 0 Å². The topological polar surface area (TPSA) is 62.3 Å². The van der Waals surface area contributed by atoms with Crippen LogP contribution in [0, 0.1) is 5.92 Å². The second-order valence-electron chi connectivity index (χ2n) is 4.44. The van der Waals surface area contributed by atoms with Gasteiger partial charge in [0, 0.05) is 37.9 Å². The molecule has 1 N–H and O–H groups in total. The molecule has 1 saturated heterocycles. The van der Waals surface area contributed by atoms with Crippen molar-refractivity contribution in [3.05, 3.63) is 24.0 Å². The highest BCUT2D eigenvalue weighted by molar-refractivity contribution is 5.92. The van der Waals surface area contributed by atoms with Gasteiger partial charge in [-0.15, -0.1) is 0 Å². The quantitative estimate of drug-likeness (QED) is 0.805. The summed E-state index contributed by atoms with van der Waals surface area (Å²) >= 11 is 0.